The van der Waals surface area contributed by atoms with Gasteiger partial charge in [0.2, 0.25) is 11.8 Å². The fourth-order valence-electron chi connectivity index (χ4n) is 7.90. The molecule has 0 aromatic heterocycles. The number of morpholine rings is 1. The standard InChI is InChI=1S/C32H30BrCl2N3O7/c1-44-24-9-2-17(14-23(24)39)26-20-7-8-21-25(22(20)15-31(34)29(42)37(16-33)30(43)32(26,31)35)28(41)38(27(21)40)19-5-3-18(4-6-19)36-10-12-45-13-11-36/h2-7,9,14,21-22,25-26,39H,8,10-13,15-16H2,1H3/t21-,22+,25-,26-,31+,32-/m0/s1. The first-order valence-electron chi connectivity index (χ1n) is 14.7. The molecule has 2 aliphatic carbocycles. The molecule has 10 nitrogen and oxygen atoms in total. The van der Waals surface area contributed by atoms with E-state index in [1.807, 2.05) is 18.2 Å². The van der Waals surface area contributed by atoms with Gasteiger partial charge in [-0.25, -0.2) is 0 Å². The SMILES string of the molecule is COc1ccc([C@H]2C3=CC[C@@H]4C(=O)N(c5ccc(N6CCOCC6)cc5)C(=O)[C@@H]4[C@@H]3C[C@@]3(Cl)C(=O)N(CBr)C(=O)[C@@]23Cl)cc1O. The average Bonchev–Trinajstić information content (AvgIpc) is 3.38. The van der Waals surface area contributed by atoms with Crippen molar-refractivity contribution in [2.24, 2.45) is 17.8 Å². The van der Waals surface area contributed by atoms with Crippen molar-refractivity contribution in [3.05, 3.63) is 59.7 Å². The van der Waals surface area contributed by atoms with Gasteiger partial charge in [-0.3, -0.25) is 29.0 Å². The normalized spacial score (nSPS) is 32.8. The van der Waals surface area contributed by atoms with Gasteiger partial charge in [0.05, 0.1) is 43.3 Å². The summed E-state index contributed by atoms with van der Waals surface area (Å²) in [6.07, 6.45) is 2.00. The van der Waals surface area contributed by atoms with E-state index in [1.54, 1.807) is 24.3 Å². The van der Waals surface area contributed by atoms with E-state index in [2.05, 4.69) is 20.8 Å². The number of fused-ring (bicyclic) bond motifs is 4. The van der Waals surface area contributed by atoms with Gasteiger partial charge in [-0.15, -0.1) is 23.2 Å². The smallest absolute Gasteiger partial charge is 0.254 e. The highest BCUT2D eigenvalue weighted by molar-refractivity contribution is 9.09. The Morgan fingerprint density at radius 2 is 1.67 bits per heavy atom. The number of nitrogens with zero attached hydrogens (tertiary/aromatic N) is 3. The van der Waals surface area contributed by atoms with Crippen molar-refractivity contribution in [3.63, 3.8) is 0 Å². The summed E-state index contributed by atoms with van der Waals surface area (Å²) in [6, 6.07) is 12.0. The van der Waals surface area contributed by atoms with E-state index >= 15 is 0 Å². The molecule has 1 saturated carbocycles. The van der Waals surface area contributed by atoms with Gasteiger partial charge in [-0.2, -0.15) is 0 Å². The van der Waals surface area contributed by atoms with Gasteiger partial charge in [0, 0.05) is 24.7 Å². The molecule has 45 heavy (non-hydrogen) atoms. The Bertz CT molecular complexity index is 1650. The second kappa shape index (κ2) is 11.0. The van der Waals surface area contributed by atoms with E-state index in [9.17, 15) is 24.3 Å². The summed E-state index contributed by atoms with van der Waals surface area (Å²) >= 11 is 17.7. The lowest BCUT2D eigenvalue weighted by Crippen LogP contribution is -2.60. The number of carbonyl (C=O) groups excluding carboxylic acids is 4. The molecule has 3 aliphatic heterocycles. The molecule has 1 N–H and O–H groups in total. The van der Waals surface area contributed by atoms with E-state index in [0.717, 1.165) is 23.7 Å². The predicted molar refractivity (Wildman–Crippen MR) is 170 cm³/mol. The molecule has 2 aromatic rings. The van der Waals surface area contributed by atoms with Crippen LogP contribution in [0.25, 0.3) is 0 Å². The van der Waals surface area contributed by atoms with Crippen LogP contribution in [0.1, 0.15) is 24.3 Å². The number of allylic oxidation sites excluding steroid dienone is 2. The Morgan fingerprint density at radius 3 is 2.31 bits per heavy atom. The van der Waals surface area contributed by atoms with Crippen molar-refractivity contribution in [1.82, 2.24) is 4.90 Å². The number of carbonyl (C=O) groups is 4. The maximum absolute atomic E-state index is 14.3. The van der Waals surface area contributed by atoms with Crippen LogP contribution in [0.2, 0.25) is 0 Å². The highest BCUT2D eigenvalue weighted by Gasteiger charge is 2.76. The third kappa shape index (κ3) is 4.23. The number of imide groups is 2. The molecule has 236 valence electrons. The Kier molecular flexibility index (Phi) is 7.46. The Labute approximate surface area is 277 Å². The molecule has 0 spiro atoms. The van der Waals surface area contributed by atoms with Crippen molar-refractivity contribution in [3.8, 4) is 11.5 Å². The molecule has 5 aliphatic rings. The number of alkyl halides is 3. The quantitative estimate of drug-likeness (QED) is 0.212. The van der Waals surface area contributed by atoms with Crippen LogP contribution < -0.4 is 14.5 Å². The van der Waals surface area contributed by atoms with Crippen LogP contribution in [0, 0.1) is 17.8 Å². The number of methoxy groups -OCH3 is 1. The summed E-state index contributed by atoms with van der Waals surface area (Å²) in [5, 5.41) is 10.7. The molecule has 7 rings (SSSR count). The summed E-state index contributed by atoms with van der Waals surface area (Å²) in [5.41, 5.74) is 2.41. The van der Waals surface area contributed by atoms with E-state index in [-0.39, 0.29) is 41.6 Å². The number of benzene rings is 2. The average molecular weight is 719 g/mol. The Hall–Kier alpha value is -3.12. The van der Waals surface area contributed by atoms with Gasteiger partial charge < -0.3 is 19.5 Å². The van der Waals surface area contributed by atoms with Crippen LogP contribution in [0.15, 0.2) is 54.1 Å². The van der Waals surface area contributed by atoms with Crippen LogP contribution in [0.5, 0.6) is 11.5 Å². The maximum atomic E-state index is 14.3. The number of hydrogen-bond acceptors (Lipinski definition) is 8. The number of halogens is 3. The molecule has 4 amide bonds. The molecule has 0 bridgehead atoms. The molecule has 0 radical (unpaired) electrons. The first-order valence-corrected chi connectivity index (χ1v) is 16.6. The second-order valence-corrected chi connectivity index (χ2v) is 13.8. The molecule has 3 heterocycles. The van der Waals surface area contributed by atoms with E-state index in [0.29, 0.717) is 30.0 Å². The third-order valence-corrected chi connectivity index (χ3v) is 12.0. The Balaban J connectivity index is 1.29. The molecular weight excluding hydrogens is 689 g/mol. The molecular formula is C32H30BrCl2N3O7. The number of likely N-dealkylation sites (tertiary alicyclic amines) is 1. The van der Waals surface area contributed by atoms with Crippen molar-refractivity contribution in [2.75, 3.05) is 48.7 Å². The van der Waals surface area contributed by atoms with Gasteiger partial charge in [-0.1, -0.05) is 33.6 Å². The molecule has 0 unspecified atom stereocenters. The second-order valence-electron chi connectivity index (χ2n) is 12.0. The number of phenolic OH excluding ortho intramolecular Hbond substituents is 1. The van der Waals surface area contributed by atoms with Gasteiger partial charge in [0.1, 0.15) is 0 Å². The topological polar surface area (TPSA) is 117 Å². The fourth-order valence-corrected chi connectivity index (χ4v) is 9.33. The van der Waals surface area contributed by atoms with Crippen LogP contribution in [-0.2, 0) is 23.9 Å². The van der Waals surface area contributed by atoms with Gasteiger partial charge in [0.25, 0.3) is 11.8 Å². The number of phenols is 1. The summed E-state index contributed by atoms with van der Waals surface area (Å²) < 4.78 is 10.7. The van der Waals surface area contributed by atoms with E-state index in [4.69, 9.17) is 32.7 Å². The monoisotopic (exact) mass is 717 g/mol. The summed E-state index contributed by atoms with van der Waals surface area (Å²) in [6.45, 7) is 2.78. The minimum absolute atomic E-state index is 0.111. The lowest BCUT2D eigenvalue weighted by atomic mass is 9.56. The van der Waals surface area contributed by atoms with E-state index in [1.165, 1.54) is 18.1 Å². The number of ether oxygens (including phenoxy) is 2. The van der Waals surface area contributed by atoms with Crippen LogP contribution in [0.4, 0.5) is 11.4 Å². The predicted octanol–water partition coefficient (Wildman–Crippen LogP) is 4.15. The highest BCUT2D eigenvalue weighted by Crippen LogP contribution is 2.65. The van der Waals surface area contributed by atoms with Crippen molar-refractivity contribution in [2.45, 2.75) is 28.5 Å². The molecule has 2 aromatic carbocycles. The molecule has 6 atom stereocenters. The molecule has 13 heteroatoms. The fraction of sp³-hybridized carbons (Fsp3) is 0.438. The number of hydrogen-bond donors (Lipinski definition) is 1. The maximum Gasteiger partial charge on any atom is 0.254 e. The largest absolute Gasteiger partial charge is 0.504 e. The third-order valence-electron chi connectivity index (χ3n) is 10.0. The van der Waals surface area contributed by atoms with Gasteiger partial charge in [-0.05, 0) is 60.7 Å². The van der Waals surface area contributed by atoms with Crippen LogP contribution in [-0.4, -0.2) is 82.3 Å². The lowest BCUT2D eigenvalue weighted by molar-refractivity contribution is -0.138. The number of rotatable bonds is 5. The minimum atomic E-state index is -1.95. The van der Waals surface area contributed by atoms with Gasteiger partial charge in [0.15, 0.2) is 21.2 Å². The zero-order valence-corrected chi connectivity index (χ0v) is 27.3. The van der Waals surface area contributed by atoms with E-state index < -0.39 is 45.2 Å². The summed E-state index contributed by atoms with van der Waals surface area (Å²) in [4.78, 5) is 56.4. The number of amides is 4. The van der Waals surface area contributed by atoms with Crippen molar-refractivity contribution in [1.29, 1.82) is 0 Å². The molecule has 3 saturated heterocycles. The zero-order valence-electron chi connectivity index (χ0n) is 24.3. The molecule has 4 fully saturated rings. The number of aromatic hydroxyl groups is 1. The first kappa shape index (κ1) is 30.5. The first-order chi connectivity index (χ1) is 21.6. The van der Waals surface area contributed by atoms with Crippen molar-refractivity contribution >= 4 is 74.1 Å². The highest BCUT2D eigenvalue weighted by atomic mass is 79.9. The minimum Gasteiger partial charge on any atom is -0.504 e. The summed E-state index contributed by atoms with van der Waals surface area (Å²) in [5.74, 6) is -5.13. The zero-order chi connectivity index (χ0) is 31.8. The Morgan fingerprint density at radius 1 is 0.978 bits per heavy atom. The number of anilines is 2. The van der Waals surface area contributed by atoms with Crippen LogP contribution in [0.3, 0.4) is 0 Å². The summed E-state index contributed by atoms with van der Waals surface area (Å²) in [7, 11) is 1.42. The van der Waals surface area contributed by atoms with Gasteiger partial charge >= 0.3 is 0 Å². The lowest BCUT2D eigenvalue weighted by Gasteiger charge is -2.50. The van der Waals surface area contributed by atoms with Crippen molar-refractivity contribution < 1.29 is 33.8 Å². The van der Waals surface area contributed by atoms with Crippen LogP contribution >= 0.6 is 39.1 Å².